The molecule has 0 aliphatic rings. The average Bonchev–Trinajstić information content (AvgIpc) is 2.17. The lowest BCUT2D eigenvalue weighted by Crippen LogP contribution is -2.01. The topological polar surface area (TPSA) is 88.9 Å². The minimum atomic E-state index is -1.28. The molecule has 0 radical (unpaired) electrons. The van der Waals surface area contributed by atoms with Gasteiger partial charge in [-0.2, -0.15) is 4.98 Å². The number of methoxy groups -OCH3 is 2. The number of carboxylic acids is 1. The van der Waals surface area contributed by atoms with Crippen LogP contribution in [-0.4, -0.2) is 35.4 Å². The summed E-state index contributed by atoms with van der Waals surface area (Å²) in [6.45, 7) is 0. The van der Waals surface area contributed by atoms with E-state index < -0.39 is 11.7 Å². The Bertz CT molecular complexity index is 363. The molecule has 0 aliphatic heterocycles. The fourth-order valence-corrected chi connectivity index (χ4v) is 0.902. The smallest absolute Gasteiger partial charge is 0.339 e. The Morgan fingerprint density at radius 3 is 2.50 bits per heavy atom. The van der Waals surface area contributed by atoms with Gasteiger partial charge in [-0.15, -0.1) is 0 Å². The van der Waals surface area contributed by atoms with E-state index in [1.165, 1.54) is 14.2 Å². The van der Waals surface area contributed by atoms with E-state index in [2.05, 4.69) is 9.72 Å². The van der Waals surface area contributed by atoms with Crippen LogP contribution in [0.15, 0.2) is 6.07 Å². The lowest BCUT2D eigenvalue weighted by atomic mass is 10.2. The van der Waals surface area contributed by atoms with Gasteiger partial charge in [0.05, 0.1) is 14.2 Å². The summed E-state index contributed by atoms with van der Waals surface area (Å²) < 4.78 is 9.41. The van der Waals surface area contributed by atoms with Crippen LogP contribution < -0.4 is 9.47 Å². The van der Waals surface area contributed by atoms with Crippen molar-refractivity contribution in [2.45, 2.75) is 0 Å². The fourth-order valence-electron chi connectivity index (χ4n) is 0.902. The normalized spacial score (nSPS) is 9.57. The van der Waals surface area contributed by atoms with Crippen molar-refractivity contribution >= 4 is 5.97 Å². The number of rotatable bonds is 3. The van der Waals surface area contributed by atoms with Crippen LogP contribution >= 0.6 is 0 Å². The molecule has 0 aromatic carbocycles. The molecule has 0 bridgehead atoms. The molecular weight excluding hydrogens is 190 g/mol. The van der Waals surface area contributed by atoms with E-state index in [9.17, 15) is 9.90 Å². The van der Waals surface area contributed by atoms with Gasteiger partial charge in [-0.25, -0.2) is 4.79 Å². The van der Waals surface area contributed by atoms with Crippen LogP contribution in [0.5, 0.6) is 17.5 Å². The van der Waals surface area contributed by atoms with E-state index in [1.807, 2.05) is 0 Å². The fraction of sp³-hybridized carbons (Fsp3) is 0.250. The lowest BCUT2D eigenvalue weighted by Gasteiger charge is -2.07. The molecule has 76 valence electrons. The molecule has 0 aliphatic carbocycles. The van der Waals surface area contributed by atoms with Crippen LogP contribution in [0, 0.1) is 0 Å². The molecule has 0 amide bonds. The summed E-state index contributed by atoms with van der Waals surface area (Å²) >= 11 is 0. The molecule has 0 fully saturated rings. The van der Waals surface area contributed by atoms with Crippen LogP contribution in [0.25, 0.3) is 0 Å². The molecule has 6 heteroatoms. The van der Waals surface area contributed by atoms with E-state index in [4.69, 9.17) is 9.84 Å². The third-order valence-electron chi connectivity index (χ3n) is 1.57. The quantitative estimate of drug-likeness (QED) is 0.736. The highest BCUT2D eigenvalue weighted by Crippen LogP contribution is 2.30. The summed E-state index contributed by atoms with van der Waals surface area (Å²) in [6.07, 6.45) is 0. The van der Waals surface area contributed by atoms with Gasteiger partial charge < -0.3 is 19.7 Å². The maximum Gasteiger partial charge on any atom is 0.339 e. The van der Waals surface area contributed by atoms with Crippen molar-refractivity contribution in [3.05, 3.63) is 11.6 Å². The van der Waals surface area contributed by atoms with E-state index in [0.29, 0.717) is 0 Å². The zero-order valence-corrected chi connectivity index (χ0v) is 7.64. The number of nitrogens with zero attached hydrogens (tertiary/aromatic N) is 1. The highest BCUT2D eigenvalue weighted by molar-refractivity contribution is 5.91. The van der Waals surface area contributed by atoms with Crippen molar-refractivity contribution in [2.75, 3.05) is 14.2 Å². The van der Waals surface area contributed by atoms with Crippen LogP contribution in [0.1, 0.15) is 10.4 Å². The Morgan fingerprint density at radius 2 is 2.07 bits per heavy atom. The first-order valence-electron chi connectivity index (χ1n) is 3.65. The number of hydrogen-bond donors (Lipinski definition) is 2. The second kappa shape index (κ2) is 3.82. The first kappa shape index (κ1) is 10.1. The van der Waals surface area contributed by atoms with Crippen molar-refractivity contribution in [2.24, 2.45) is 0 Å². The number of aromatic hydroxyl groups is 1. The van der Waals surface area contributed by atoms with Crippen molar-refractivity contribution < 1.29 is 24.5 Å². The number of hydrogen-bond acceptors (Lipinski definition) is 5. The Balaban J connectivity index is 3.34. The van der Waals surface area contributed by atoms with Crippen molar-refractivity contribution in [1.29, 1.82) is 0 Å². The van der Waals surface area contributed by atoms with Gasteiger partial charge in [-0.3, -0.25) is 0 Å². The van der Waals surface area contributed by atoms with Crippen molar-refractivity contribution in [3.8, 4) is 17.5 Å². The first-order valence-corrected chi connectivity index (χ1v) is 3.65. The van der Waals surface area contributed by atoms with Gasteiger partial charge in [0.1, 0.15) is 5.56 Å². The Hall–Kier alpha value is -1.98. The van der Waals surface area contributed by atoms with E-state index in [-0.39, 0.29) is 17.3 Å². The third kappa shape index (κ3) is 1.68. The summed E-state index contributed by atoms with van der Waals surface area (Å²) in [5.74, 6) is -1.90. The van der Waals surface area contributed by atoms with E-state index in [0.717, 1.165) is 6.07 Å². The van der Waals surface area contributed by atoms with E-state index >= 15 is 0 Å². The molecule has 1 aromatic rings. The molecule has 2 N–H and O–H groups in total. The number of pyridine rings is 1. The molecule has 0 saturated heterocycles. The van der Waals surface area contributed by atoms with Crippen LogP contribution in [0.4, 0.5) is 0 Å². The number of carboxylic acid groups (broad SMARTS) is 1. The Morgan fingerprint density at radius 1 is 1.43 bits per heavy atom. The summed E-state index contributed by atoms with van der Waals surface area (Å²) in [5, 5.41) is 18.1. The Labute approximate surface area is 79.7 Å². The highest BCUT2D eigenvalue weighted by Gasteiger charge is 2.17. The zero-order valence-electron chi connectivity index (χ0n) is 7.64. The Kier molecular flexibility index (Phi) is 2.76. The van der Waals surface area contributed by atoms with E-state index in [1.54, 1.807) is 0 Å². The maximum atomic E-state index is 10.7. The van der Waals surface area contributed by atoms with Gasteiger partial charge in [0.25, 0.3) is 5.88 Å². The highest BCUT2D eigenvalue weighted by atomic mass is 16.5. The number of carbonyl (C=O) groups is 1. The maximum absolute atomic E-state index is 10.7. The van der Waals surface area contributed by atoms with Gasteiger partial charge in [0.2, 0.25) is 5.88 Å². The number of aromatic carboxylic acids is 1. The minimum Gasteiger partial charge on any atom is -0.502 e. The number of ether oxygens (including phenoxy) is 2. The SMILES string of the molecule is COc1cc(C(=O)O)c(O)c(OC)n1. The first-order chi connectivity index (χ1) is 6.60. The largest absolute Gasteiger partial charge is 0.502 e. The predicted molar refractivity (Wildman–Crippen MR) is 46.0 cm³/mol. The summed E-state index contributed by atoms with van der Waals surface area (Å²) in [4.78, 5) is 14.4. The second-order valence-corrected chi connectivity index (χ2v) is 2.38. The van der Waals surface area contributed by atoms with Crippen molar-refractivity contribution in [1.82, 2.24) is 4.98 Å². The molecule has 0 unspecified atom stereocenters. The molecule has 6 nitrogen and oxygen atoms in total. The van der Waals surface area contributed by atoms with Crippen LogP contribution in [-0.2, 0) is 0 Å². The third-order valence-corrected chi connectivity index (χ3v) is 1.57. The molecular formula is C8H9NO5. The minimum absolute atomic E-state index is 0.0667. The molecule has 0 spiro atoms. The average molecular weight is 199 g/mol. The van der Waals surface area contributed by atoms with Gasteiger partial charge in [0.15, 0.2) is 5.75 Å². The van der Waals surface area contributed by atoms with Crippen LogP contribution in [0.3, 0.4) is 0 Å². The number of aromatic nitrogens is 1. The molecule has 0 atom stereocenters. The van der Waals surface area contributed by atoms with Gasteiger partial charge in [-0.05, 0) is 0 Å². The monoisotopic (exact) mass is 199 g/mol. The molecule has 0 saturated carbocycles. The second-order valence-electron chi connectivity index (χ2n) is 2.38. The van der Waals surface area contributed by atoms with Gasteiger partial charge in [-0.1, -0.05) is 0 Å². The lowest BCUT2D eigenvalue weighted by molar-refractivity contribution is 0.0692. The summed E-state index contributed by atoms with van der Waals surface area (Å²) in [5.41, 5.74) is -0.311. The van der Waals surface area contributed by atoms with Gasteiger partial charge in [0, 0.05) is 6.07 Å². The van der Waals surface area contributed by atoms with Crippen molar-refractivity contribution in [3.63, 3.8) is 0 Å². The standard InChI is InChI=1S/C8H9NO5/c1-13-5-3-4(8(11)12)6(10)7(9-5)14-2/h3,10H,1-2H3,(H,11,12). The summed E-state index contributed by atoms with van der Waals surface area (Å²) in [7, 11) is 2.61. The molecule has 1 heterocycles. The molecule has 1 aromatic heterocycles. The molecule has 1 rings (SSSR count). The van der Waals surface area contributed by atoms with Crippen LogP contribution in [0.2, 0.25) is 0 Å². The zero-order chi connectivity index (χ0) is 10.7. The molecule has 14 heavy (non-hydrogen) atoms. The predicted octanol–water partition coefficient (Wildman–Crippen LogP) is 0.503. The van der Waals surface area contributed by atoms with Gasteiger partial charge >= 0.3 is 5.97 Å². The summed E-state index contributed by atoms with van der Waals surface area (Å²) in [6, 6.07) is 1.11.